The van der Waals surface area contributed by atoms with Crippen LogP contribution in [0.4, 0.5) is 8.78 Å². The summed E-state index contributed by atoms with van der Waals surface area (Å²) in [7, 11) is 0. The van der Waals surface area contributed by atoms with E-state index in [2.05, 4.69) is 4.98 Å². The summed E-state index contributed by atoms with van der Waals surface area (Å²) in [4.78, 5) is 12.8. The van der Waals surface area contributed by atoms with Crippen molar-refractivity contribution in [3.8, 4) is 0 Å². The maximum Gasteiger partial charge on any atom is 0.288 e. The van der Waals surface area contributed by atoms with Crippen LogP contribution in [0.1, 0.15) is 41.0 Å². The number of fused-ring (bicyclic) bond motifs is 1. The van der Waals surface area contributed by atoms with Gasteiger partial charge in [0.2, 0.25) is 0 Å². The fourth-order valence-corrected chi connectivity index (χ4v) is 1.84. The molecule has 1 N–H and O–H groups in total. The molecule has 0 fully saturated rings. The summed E-state index contributed by atoms with van der Waals surface area (Å²) in [6.45, 7) is 1.74. The van der Waals surface area contributed by atoms with E-state index in [1.165, 1.54) is 6.07 Å². The van der Waals surface area contributed by atoms with Gasteiger partial charge >= 0.3 is 0 Å². The summed E-state index contributed by atoms with van der Waals surface area (Å²) in [5.74, 6) is -2.97. The molecule has 0 saturated heterocycles. The lowest BCUT2D eigenvalue weighted by molar-refractivity contribution is -0.00968. The maximum atomic E-state index is 13.2. The van der Waals surface area contributed by atoms with Crippen molar-refractivity contribution in [2.24, 2.45) is 0 Å². The van der Waals surface area contributed by atoms with Gasteiger partial charge in [-0.05, 0) is 17.5 Å². The third kappa shape index (κ3) is 1.08. The van der Waals surface area contributed by atoms with Crippen LogP contribution in [0.5, 0.6) is 0 Å². The number of H-pyrrole nitrogens is 1. The number of alkyl halides is 2. The van der Waals surface area contributed by atoms with Crippen molar-refractivity contribution < 1.29 is 13.6 Å². The van der Waals surface area contributed by atoms with Crippen LogP contribution in [-0.4, -0.2) is 11.3 Å². The smallest absolute Gasteiger partial charge is 0.288 e. The average molecular weight is 185 g/mol. The van der Waals surface area contributed by atoms with Crippen molar-refractivity contribution in [2.45, 2.75) is 25.2 Å². The van der Waals surface area contributed by atoms with Crippen molar-refractivity contribution in [3.05, 3.63) is 23.0 Å². The number of hydrogen-bond donors (Lipinski definition) is 1. The minimum absolute atomic E-state index is 0.0814. The number of aromatic amines is 1. The van der Waals surface area contributed by atoms with Gasteiger partial charge in [-0.2, -0.15) is 8.78 Å². The zero-order chi connectivity index (χ0) is 9.64. The minimum Gasteiger partial charge on any atom is -0.351 e. The lowest BCUT2D eigenvalue weighted by Gasteiger charge is -2.08. The number of aldehydes is 1. The Hall–Kier alpha value is -1.19. The maximum absolute atomic E-state index is 13.2. The molecule has 1 atom stereocenters. The number of nitrogens with one attached hydrogen (secondary N) is 1. The Labute approximate surface area is 74.0 Å². The number of rotatable bonds is 1. The van der Waals surface area contributed by atoms with Crippen LogP contribution in [0.15, 0.2) is 6.07 Å². The third-order valence-corrected chi connectivity index (χ3v) is 2.46. The number of carbonyl (C=O) groups excluding carboxylic acids is 1. The predicted octanol–water partition coefficient (Wildman–Crippen LogP) is 2.43. The Morgan fingerprint density at radius 2 is 2.38 bits per heavy atom. The van der Waals surface area contributed by atoms with Crippen molar-refractivity contribution in [1.82, 2.24) is 4.98 Å². The van der Waals surface area contributed by atoms with Crippen LogP contribution >= 0.6 is 0 Å². The van der Waals surface area contributed by atoms with Crippen LogP contribution < -0.4 is 0 Å². The molecule has 0 aliphatic heterocycles. The van der Waals surface area contributed by atoms with E-state index in [1.807, 2.05) is 0 Å². The second-order valence-corrected chi connectivity index (χ2v) is 3.48. The summed E-state index contributed by atoms with van der Waals surface area (Å²) in [5, 5.41) is 0. The molecule has 1 heterocycles. The summed E-state index contributed by atoms with van der Waals surface area (Å²) in [5.41, 5.74) is 0.727. The van der Waals surface area contributed by atoms with Gasteiger partial charge in [-0.3, -0.25) is 4.79 Å². The van der Waals surface area contributed by atoms with Gasteiger partial charge in [0, 0.05) is 6.42 Å². The molecular formula is C9H9F2NO. The lowest BCUT2D eigenvalue weighted by atomic mass is 10.1. The molecule has 0 bridgehead atoms. The Kier molecular flexibility index (Phi) is 1.55. The molecule has 70 valence electrons. The second-order valence-electron chi connectivity index (χ2n) is 3.48. The zero-order valence-electron chi connectivity index (χ0n) is 7.10. The van der Waals surface area contributed by atoms with Crippen LogP contribution in [0.2, 0.25) is 0 Å². The van der Waals surface area contributed by atoms with Gasteiger partial charge in [0.1, 0.15) is 0 Å². The molecule has 4 heteroatoms. The fraction of sp³-hybridized carbons (Fsp3) is 0.444. The largest absolute Gasteiger partial charge is 0.351 e. The number of hydrogen-bond acceptors (Lipinski definition) is 1. The highest BCUT2D eigenvalue weighted by atomic mass is 19.3. The van der Waals surface area contributed by atoms with Gasteiger partial charge in [0.25, 0.3) is 5.92 Å². The molecule has 1 aliphatic carbocycles. The molecular weight excluding hydrogens is 176 g/mol. The number of halogens is 2. The highest BCUT2D eigenvalue weighted by Crippen LogP contribution is 2.47. The third-order valence-electron chi connectivity index (χ3n) is 2.46. The van der Waals surface area contributed by atoms with E-state index in [0.29, 0.717) is 11.8 Å². The van der Waals surface area contributed by atoms with Crippen LogP contribution in [0.3, 0.4) is 0 Å². The molecule has 0 radical (unpaired) electrons. The number of carbonyl (C=O) groups is 1. The molecule has 2 nitrogen and oxygen atoms in total. The molecule has 2 rings (SSSR count). The summed E-state index contributed by atoms with van der Waals surface area (Å²) in [6.07, 6.45) is 0.397. The average Bonchev–Trinajstić information content (AvgIpc) is 2.53. The molecule has 0 spiro atoms. The molecule has 1 aromatic rings. The van der Waals surface area contributed by atoms with E-state index in [1.54, 1.807) is 6.92 Å². The zero-order valence-corrected chi connectivity index (χ0v) is 7.10. The SMILES string of the molecule is CC1CC(F)(F)c2[nH]c(C=O)cc21. The van der Waals surface area contributed by atoms with Gasteiger partial charge in [-0.25, -0.2) is 0 Å². The van der Waals surface area contributed by atoms with Crippen LogP contribution in [0, 0.1) is 0 Å². The summed E-state index contributed by atoms with van der Waals surface area (Å²) in [6, 6.07) is 1.51. The van der Waals surface area contributed by atoms with E-state index < -0.39 is 5.92 Å². The molecule has 13 heavy (non-hydrogen) atoms. The lowest BCUT2D eigenvalue weighted by Crippen LogP contribution is -2.09. The molecule has 0 aromatic carbocycles. The first-order chi connectivity index (χ1) is 6.04. The predicted molar refractivity (Wildman–Crippen MR) is 43.1 cm³/mol. The van der Waals surface area contributed by atoms with Crippen molar-refractivity contribution >= 4 is 6.29 Å². The fourth-order valence-electron chi connectivity index (χ4n) is 1.84. The molecule has 1 unspecified atom stereocenters. The first-order valence-electron chi connectivity index (χ1n) is 4.11. The van der Waals surface area contributed by atoms with E-state index >= 15 is 0 Å². The Balaban J connectivity index is 2.55. The van der Waals surface area contributed by atoms with Gasteiger partial charge in [-0.1, -0.05) is 6.92 Å². The highest BCUT2D eigenvalue weighted by Gasteiger charge is 2.44. The quantitative estimate of drug-likeness (QED) is 0.669. The van der Waals surface area contributed by atoms with Gasteiger partial charge in [0.05, 0.1) is 11.4 Å². The van der Waals surface area contributed by atoms with Gasteiger partial charge in [0.15, 0.2) is 6.29 Å². The molecule has 0 amide bonds. The first-order valence-corrected chi connectivity index (χ1v) is 4.11. The highest BCUT2D eigenvalue weighted by molar-refractivity contribution is 5.73. The Morgan fingerprint density at radius 3 is 2.92 bits per heavy atom. The van der Waals surface area contributed by atoms with E-state index in [9.17, 15) is 13.6 Å². The van der Waals surface area contributed by atoms with E-state index in [0.717, 1.165) is 0 Å². The minimum atomic E-state index is -2.80. The normalized spacial score (nSPS) is 24.4. The monoisotopic (exact) mass is 185 g/mol. The standard InChI is InChI=1S/C9H9F2NO/c1-5-3-9(10,11)8-7(5)2-6(4-13)12-8/h2,4-5,12H,3H2,1H3. The van der Waals surface area contributed by atoms with E-state index in [4.69, 9.17) is 0 Å². The Bertz CT molecular complexity index is 356. The van der Waals surface area contributed by atoms with Crippen molar-refractivity contribution in [1.29, 1.82) is 0 Å². The van der Waals surface area contributed by atoms with Crippen molar-refractivity contribution in [3.63, 3.8) is 0 Å². The molecule has 0 saturated carbocycles. The first kappa shape index (κ1) is 8.41. The summed E-state index contributed by atoms with van der Waals surface area (Å²) >= 11 is 0. The molecule has 1 aromatic heterocycles. The van der Waals surface area contributed by atoms with Crippen LogP contribution in [0.25, 0.3) is 0 Å². The topological polar surface area (TPSA) is 32.9 Å². The van der Waals surface area contributed by atoms with Crippen molar-refractivity contribution in [2.75, 3.05) is 0 Å². The van der Waals surface area contributed by atoms with E-state index in [-0.39, 0.29) is 23.7 Å². The summed E-state index contributed by atoms with van der Waals surface area (Å²) < 4.78 is 26.4. The van der Waals surface area contributed by atoms with Gasteiger partial charge in [-0.15, -0.1) is 0 Å². The Morgan fingerprint density at radius 1 is 1.69 bits per heavy atom. The number of aromatic nitrogens is 1. The van der Waals surface area contributed by atoms with Crippen LogP contribution in [-0.2, 0) is 5.92 Å². The van der Waals surface area contributed by atoms with Gasteiger partial charge < -0.3 is 4.98 Å². The second kappa shape index (κ2) is 2.40. The molecule has 1 aliphatic rings.